The molecule has 0 aliphatic heterocycles. The van der Waals surface area contributed by atoms with Gasteiger partial charge in [-0.15, -0.1) is 11.3 Å². The molecule has 6 heteroatoms. The maximum Gasteiger partial charge on any atom is 0.262 e. The van der Waals surface area contributed by atoms with Gasteiger partial charge in [-0.3, -0.25) is 14.2 Å². The molecule has 2 aromatic carbocycles. The minimum Gasteiger partial charge on any atom is -0.324 e. The van der Waals surface area contributed by atoms with Gasteiger partial charge in [-0.1, -0.05) is 42.5 Å². The summed E-state index contributed by atoms with van der Waals surface area (Å²) in [5, 5.41) is 3.46. The lowest BCUT2D eigenvalue weighted by Gasteiger charge is -2.16. The van der Waals surface area contributed by atoms with Crippen molar-refractivity contribution in [2.45, 2.75) is 26.8 Å². The average molecular weight is 404 g/mol. The summed E-state index contributed by atoms with van der Waals surface area (Å²) < 4.78 is 1.39. The summed E-state index contributed by atoms with van der Waals surface area (Å²) in [6.07, 6.45) is 1.46. The number of thiophene rings is 1. The Morgan fingerprint density at radius 3 is 2.62 bits per heavy atom. The van der Waals surface area contributed by atoms with Gasteiger partial charge in [0.2, 0.25) is 5.91 Å². The van der Waals surface area contributed by atoms with E-state index < -0.39 is 6.04 Å². The molecule has 0 spiro atoms. The quantitative estimate of drug-likeness (QED) is 0.525. The van der Waals surface area contributed by atoms with Crippen LogP contribution in [0.5, 0.6) is 0 Å². The lowest BCUT2D eigenvalue weighted by Crippen LogP contribution is -2.31. The van der Waals surface area contributed by atoms with Crippen LogP contribution in [0, 0.1) is 13.8 Å². The highest BCUT2D eigenvalue weighted by Crippen LogP contribution is 2.30. The van der Waals surface area contributed by atoms with E-state index in [1.165, 1.54) is 22.2 Å². The fourth-order valence-corrected chi connectivity index (χ4v) is 4.20. The predicted octanol–water partition coefficient (Wildman–Crippen LogP) is 4.94. The fraction of sp³-hybridized carbons (Fsp3) is 0.174. The molecule has 4 aromatic rings. The highest BCUT2D eigenvalue weighted by atomic mass is 32.1. The molecule has 0 bridgehead atoms. The number of carbonyl (C=O) groups is 1. The standard InChI is InChI=1S/C23H21N3O2S/c1-14-8-7-11-19(15(14)2)25-21(27)16(3)26-13-24-22-18(23(26)28)12-20(29-22)17-9-5-4-6-10-17/h4-13,16H,1-3H3,(H,25,27)/t16-/m0/s1. The summed E-state index contributed by atoms with van der Waals surface area (Å²) in [5.74, 6) is -0.250. The number of rotatable bonds is 4. The molecule has 0 radical (unpaired) electrons. The molecule has 5 nitrogen and oxygen atoms in total. The number of aromatic nitrogens is 2. The summed E-state index contributed by atoms with van der Waals surface area (Å²) >= 11 is 1.47. The van der Waals surface area contributed by atoms with Crippen molar-refractivity contribution in [3.05, 3.63) is 82.4 Å². The molecule has 0 aliphatic rings. The first-order chi connectivity index (χ1) is 14.0. The van der Waals surface area contributed by atoms with Crippen LogP contribution in [0.15, 0.2) is 65.7 Å². The number of amides is 1. The van der Waals surface area contributed by atoms with Gasteiger partial charge in [0, 0.05) is 10.6 Å². The summed E-state index contributed by atoms with van der Waals surface area (Å²) in [6.45, 7) is 5.67. The lowest BCUT2D eigenvalue weighted by molar-refractivity contribution is -0.118. The van der Waals surface area contributed by atoms with Crippen LogP contribution in [0.4, 0.5) is 5.69 Å². The Kier molecular flexibility index (Phi) is 5.03. The van der Waals surface area contributed by atoms with Crippen LogP contribution in [-0.4, -0.2) is 15.5 Å². The molecule has 1 amide bonds. The number of anilines is 1. The number of aryl methyl sites for hydroxylation is 1. The van der Waals surface area contributed by atoms with Crippen molar-refractivity contribution >= 4 is 33.1 Å². The molecule has 146 valence electrons. The van der Waals surface area contributed by atoms with Gasteiger partial charge in [0.05, 0.1) is 11.7 Å². The third-order valence-corrected chi connectivity index (χ3v) is 6.29. The van der Waals surface area contributed by atoms with Crippen LogP contribution in [0.1, 0.15) is 24.1 Å². The van der Waals surface area contributed by atoms with Crippen molar-refractivity contribution in [2.75, 3.05) is 5.32 Å². The van der Waals surface area contributed by atoms with Crippen molar-refractivity contribution in [1.29, 1.82) is 0 Å². The van der Waals surface area contributed by atoms with E-state index >= 15 is 0 Å². The van der Waals surface area contributed by atoms with Crippen LogP contribution in [0.3, 0.4) is 0 Å². The van der Waals surface area contributed by atoms with E-state index in [1.807, 2.05) is 68.4 Å². The van der Waals surface area contributed by atoms with E-state index in [0.717, 1.165) is 27.3 Å². The molecule has 0 saturated heterocycles. The highest BCUT2D eigenvalue weighted by Gasteiger charge is 2.20. The molecule has 2 aromatic heterocycles. The second kappa shape index (κ2) is 7.64. The van der Waals surface area contributed by atoms with E-state index in [0.29, 0.717) is 10.2 Å². The third kappa shape index (κ3) is 3.59. The summed E-state index contributed by atoms with van der Waals surface area (Å²) in [6, 6.07) is 16.8. The number of hydrogen-bond donors (Lipinski definition) is 1. The number of carbonyl (C=O) groups excluding carboxylic acids is 1. The zero-order valence-corrected chi connectivity index (χ0v) is 17.3. The Morgan fingerprint density at radius 2 is 1.86 bits per heavy atom. The molecule has 0 aliphatic carbocycles. The number of hydrogen-bond acceptors (Lipinski definition) is 4. The molecule has 4 rings (SSSR count). The van der Waals surface area contributed by atoms with E-state index in [-0.39, 0.29) is 11.5 Å². The Morgan fingerprint density at radius 1 is 1.10 bits per heavy atom. The van der Waals surface area contributed by atoms with E-state index in [1.54, 1.807) is 6.92 Å². The number of fused-ring (bicyclic) bond motifs is 1. The first-order valence-electron chi connectivity index (χ1n) is 9.39. The molecular formula is C23H21N3O2S. The zero-order chi connectivity index (χ0) is 20.5. The average Bonchev–Trinajstić information content (AvgIpc) is 3.17. The smallest absolute Gasteiger partial charge is 0.262 e. The summed E-state index contributed by atoms with van der Waals surface area (Å²) in [4.78, 5) is 31.9. The van der Waals surface area contributed by atoms with Crippen molar-refractivity contribution < 1.29 is 4.79 Å². The normalized spacial score (nSPS) is 12.1. The van der Waals surface area contributed by atoms with Crippen molar-refractivity contribution in [3.63, 3.8) is 0 Å². The number of nitrogens with one attached hydrogen (secondary N) is 1. The number of nitrogens with zero attached hydrogens (tertiary/aromatic N) is 2. The van der Waals surface area contributed by atoms with Crippen molar-refractivity contribution in [1.82, 2.24) is 9.55 Å². The third-order valence-electron chi connectivity index (χ3n) is 5.19. The van der Waals surface area contributed by atoms with Gasteiger partial charge in [-0.2, -0.15) is 0 Å². The molecule has 1 atom stereocenters. The van der Waals surface area contributed by atoms with Gasteiger partial charge >= 0.3 is 0 Å². The van der Waals surface area contributed by atoms with Gasteiger partial charge < -0.3 is 5.32 Å². The Balaban J connectivity index is 1.66. The van der Waals surface area contributed by atoms with Crippen molar-refractivity contribution in [3.8, 4) is 10.4 Å². The van der Waals surface area contributed by atoms with E-state index in [2.05, 4.69) is 10.3 Å². The van der Waals surface area contributed by atoms with Gasteiger partial charge in [0.1, 0.15) is 10.9 Å². The predicted molar refractivity (Wildman–Crippen MR) is 119 cm³/mol. The molecule has 0 fully saturated rings. The molecule has 0 unspecified atom stereocenters. The molecular weight excluding hydrogens is 382 g/mol. The zero-order valence-electron chi connectivity index (χ0n) is 16.5. The molecule has 29 heavy (non-hydrogen) atoms. The minimum atomic E-state index is -0.681. The second-order valence-electron chi connectivity index (χ2n) is 7.07. The molecule has 1 N–H and O–H groups in total. The van der Waals surface area contributed by atoms with Crippen LogP contribution in [0.2, 0.25) is 0 Å². The second-order valence-corrected chi connectivity index (χ2v) is 8.10. The largest absolute Gasteiger partial charge is 0.324 e. The molecule has 2 heterocycles. The Labute approximate surface area is 172 Å². The SMILES string of the molecule is Cc1cccc(NC(=O)[C@H](C)n2cnc3sc(-c4ccccc4)cc3c2=O)c1C. The fourth-order valence-electron chi connectivity index (χ4n) is 3.21. The summed E-state index contributed by atoms with van der Waals surface area (Å²) in [5.41, 5.74) is 3.70. The monoisotopic (exact) mass is 403 g/mol. The van der Waals surface area contributed by atoms with Gasteiger partial charge in [-0.25, -0.2) is 4.98 Å². The number of benzene rings is 2. The molecule has 0 saturated carbocycles. The maximum atomic E-state index is 13.0. The highest BCUT2D eigenvalue weighted by molar-refractivity contribution is 7.21. The van der Waals surface area contributed by atoms with Crippen molar-refractivity contribution in [2.24, 2.45) is 0 Å². The topological polar surface area (TPSA) is 64.0 Å². The Hall–Kier alpha value is -3.25. The first kappa shape index (κ1) is 19.1. The van der Waals surface area contributed by atoms with Crippen LogP contribution in [-0.2, 0) is 4.79 Å². The van der Waals surface area contributed by atoms with E-state index in [4.69, 9.17) is 0 Å². The van der Waals surface area contributed by atoms with Crippen LogP contribution in [0.25, 0.3) is 20.7 Å². The van der Waals surface area contributed by atoms with Gasteiger partial charge in [0.15, 0.2) is 0 Å². The van der Waals surface area contributed by atoms with Crippen LogP contribution >= 0.6 is 11.3 Å². The van der Waals surface area contributed by atoms with Gasteiger partial charge in [0.25, 0.3) is 5.56 Å². The lowest BCUT2D eigenvalue weighted by atomic mass is 10.1. The summed E-state index contributed by atoms with van der Waals surface area (Å²) in [7, 11) is 0. The minimum absolute atomic E-state index is 0.211. The first-order valence-corrected chi connectivity index (χ1v) is 10.2. The van der Waals surface area contributed by atoms with Gasteiger partial charge in [-0.05, 0) is 49.6 Å². The van der Waals surface area contributed by atoms with E-state index in [9.17, 15) is 9.59 Å². The Bertz CT molecular complexity index is 1260. The maximum absolute atomic E-state index is 13.0. The van der Waals surface area contributed by atoms with Crippen LogP contribution < -0.4 is 10.9 Å².